The van der Waals surface area contributed by atoms with Crippen LogP contribution in [0, 0.1) is 0 Å². The molecule has 6 heteroatoms. The highest BCUT2D eigenvalue weighted by Crippen LogP contribution is 2.28. The summed E-state index contributed by atoms with van der Waals surface area (Å²) >= 11 is 6.16. The lowest BCUT2D eigenvalue weighted by Crippen LogP contribution is -2.43. The monoisotopic (exact) mass is 347 g/mol. The first-order valence-corrected chi connectivity index (χ1v) is 8.56. The second-order valence-electron chi connectivity index (χ2n) is 5.89. The summed E-state index contributed by atoms with van der Waals surface area (Å²) in [6.07, 6.45) is 0. The number of benzene rings is 1. The normalized spacial score (nSPS) is 17.3. The minimum Gasteiger partial charge on any atom is -0.492 e. The summed E-state index contributed by atoms with van der Waals surface area (Å²) in [5, 5.41) is 3.67. The van der Waals surface area contributed by atoms with E-state index in [2.05, 4.69) is 21.7 Å². The van der Waals surface area contributed by atoms with E-state index in [-0.39, 0.29) is 11.9 Å². The lowest BCUT2D eigenvalue weighted by atomic mass is 10.1. The molecule has 0 radical (unpaired) electrons. The largest absolute Gasteiger partial charge is 0.492 e. The average molecular weight is 348 g/mol. The summed E-state index contributed by atoms with van der Waals surface area (Å²) in [6, 6.07) is 13.7. The predicted molar refractivity (Wildman–Crippen MR) is 94.4 cm³/mol. The van der Waals surface area contributed by atoms with Crippen molar-refractivity contribution in [3.8, 4) is 5.75 Å². The van der Waals surface area contributed by atoms with Crippen LogP contribution >= 0.6 is 11.6 Å². The van der Waals surface area contributed by atoms with Crippen molar-refractivity contribution in [3.05, 3.63) is 53.3 Å². The molecule has 1 aliphatic rings. The summed E-state index contributed by atoms with van der Waals surface area (Å²) in [4.78, 5) is 14.3. The fraction of sp³-hybridized carbons (Fsp3) is 0.389. The van der Waals surface area contributed by atoms with Crippen LogP contribution in [-0.4, -0.2) is 41.6 Å². The molecule has 5 nitrogen and oxygen atoms in total. The van der Waals surface area contributed by atoms with Gasteiger partial charge in [0.05, 0.1) is 13.1 Å². The number of carbonyl (C=O) groups is 1. The molecule has 0 unspecified atom stereocenters. The number of hydrogen-bond acceptors (Lipinski definition) is 3. The van der Waals surface area contributed by atoms with Gasteiger partial charge in [0.15, 0.2) is 0 Å². The molecule has 1 atom stereocenters. The van der Waals surface area contributed by atoms with Crippen molar-refractivity contribution in [2.75, 3.05) is 26.2 Å². The molecule has 2 heterocycles. The van der Waals surface area contributed by atoms with Crippen LogP contribution in [0.1, 0.15) is 18.7 Å². The molecular formula is C18H22ClN3O2. The molecule has 0 saturated carbocycles. The number of amides is 1. The van der Waals surface area contributed by atoms with Crippen molar-refractivity contribution in [3.63, 3.8) is 0 Å². The van der Waals surface area contributed by atoms with Gasteiger partial charge in [-0.1, -0.05) is 29.8 Å². The smallest absolute Gasteiger partial charge is 0.234 e. The van der Waals surface area contributed by atoms with Crippen LogP contribution in [-0.2, 0) is 11.3 Å². The van der Waals surface area contributed by atoms with E-state index in [1.807, 2.05) is 42.5 Å². The van der Waals surface area contributed by atoms with E-state index in [1.165, 1.54) is 0 Å². The number of aromatic nitrogens is 1. The van der Waals surface area contributed by atoms with Gasteiger partial charge >= 0.3 is 0 Å². The summed E-state index contributed by atoms with van der Waals surface area (Å²) in [7, 11) is 0. The van der Waals surface area contributed by atoms with Crippen LogP contribution < -0.4 is 10.1 Å². The van der Waals surface area contributed by atoms with E-state index in [1.54, 1.807) is 0 Å². The third-order valence-corrected chi connectivity index (χ3v) is 4.66. The summed E-state index contributed by atoms with van der Waals surface area (Å²) in [5.41, 5.74) is 1.16. The number of nitrogens with zero attached hydrogens (tertiary/aromatic N) is 2. The number of halogens is 1. The third kappa shape index (κ3) is 3.91. The molecule has 1 aliphatic heterocycles. The van der Waals surface area contributed by atoms with Gasteiger partial charge in [-0.25, -0.2) is 0 Å². The van der Waals surface area contributed by atoms with Crippen molar-refractivity contribution in [2.45, 2.75) is 19.5 Å². The molecule has 1 amide bonds. The van der Waals surface area contributed by atoms with E-state index in [4.69, 9.17) is 16.3 Å². The quantitative estimate of drug-likeness (QED) is 0.817. The Hall–Kier alpha value is -1.98. The first-order chi connectivity index (χ1) is 11.6. The van der Waals surface area contributed by atoms with Gasteiger partial charge in [0.1, 0.15) is 17.5 Å². The van der Waals surface area contributed by atoms with Crippen LogP contribution in [0.15, 0.2) is 42.5 Å². The lowest BCUT2D eigenvalue weighted by Gasteiger charge is -2.34. The van der Waals surface area contributed by atoms with Gasteiger partial charge in [-0.3, -0.25) is 9.69 Å². The molecule has 3 rings (SSSR count). The van der Waals surface area contributed by atoms with Crippen LogP contribution in [0.3, 0.4) is 0 Å². The number of ether oxygens (including phenoxy) is 1. The number of hydrogen-bond donors (Lipinski definition) is 1. The fourth-order valence-corrected chi connectivity index (χ4v) is 3.24. The Labute approximate surface area is 147 Å². The summed E-state index contributed by atoms with van der Waals surface area (Å²) in [6.45, 7) is 5.08. The number of carbonyl (C=O) groups excluding carboxylic acids is 1. The second-order valence-corrected chi connectivity index (χ2v) is 6.28. The molecule has 1 N–H and O–H groups in total. The highest BCUT2D eigenvalue weighted by atomic mass is 35.5. The molecule has 2 aromatic rings. The highest BCUT2D eigenvalue weighted by molar-refractivity contribution is 6.29. The molecule has 1 aromatic carbocycles. The minimum absolute atomic E-state index is 0.0182. The maximum Gasteiger partial charge on any atom is 0.234 e. The van der Waals surface area contributed by atoms with Crippen LogP contribution in [0.5, 0.6) is 5.75 Å². The second kappa shape index (κ2) is 7.73. The zero-order valence-electron chi connectivity index (χ0n) is 13.7. The Morgan fingerprint density at radius 3 is 2.83 bits per heavy atom. The zero-order chi connectivity index (χ0) is 16.9. The van der Waals surface area contributed by atoms with Crippen LogP contribution in [0.2, 0.25) is 5.15 Å². The van der Waals surface area contributed by atoms with Gasteiger partial charge < -0.3 is 14.6 Å². The maximum absolute atomic E-state index is 12.1. The first kappa shape index (κ1) is 16.9. The van der Waals surface area contributed by atoms with Crippen molar-refractivity contribution in [1.82, 2.24) is 14.8 Å². The fourth-order valence-electron chi connectivity index (χ4n) is 3.00. The van der Waals surface area contributed by atoms with Gasteiger partial charge in [0, 0.05) is 24.8 Å². The van der Waals surface area contributed by atoms with Gasteiger partial charge in [-0.05, 0) is 31.2 Å². The van der Waals surface area contributed by atoms with Crippen molar-refractivity contribution in [1.29, 1.82) is 0 Å². The van der Waals surface area contributed by atoms with Crippen molar-refractivity contribution in [2.24, 2.45) is 0 Å². The van der Waals surface area contributed by atoms with Crippen LogP contribution in [0.25, 0.3) is 0 Å². The average Bonchev–Trinajstić information content (AvgIpc) is 2.97. The molecule has 24 heavy (non-hydrogen) atoms. The van der Waals surface area contributed by atoms with Crippen molar-refractivity contribution < 1.29 is 9.53 Å². The van der Waals surface area contributed by atoms with E-state index in [0.717, 1.165) is 29.7 Å². The van der Waals surface area contributed by atoms with Gasteiger partial charge in [0.25, 0.3) is 0 Å². The molecular weight excluding hydrogens is 326 g/mol. The van der Waals surface area contributed by atoms with E-state index < -0.39 is 0 Å². The van der Waals surface area contributed by atoms with Crippen molar-refractivity contribution >= 4 is 17.5 Å². The van der Waals surface area contributed by atoms with Crippen LogP contribution in [0.4, 0.5) is 0 Å². The number of para-hydroxylation sites is 1. The molecule has 1 aromatic heterocycles. The third-order valence-electron chi connectivity index (χ3n) is 4.33. The number of rotatable bonds is 6. The van der Waals surface area contributed by atoms with E-state index >= 15 is 0 Å². The Balaban J connectivity index is 1.42. The zero-order valence-corrected chi connectivity index (χ0v) is 14.5. The number of fused-ring (bicyclic) bond motifs is 1. The van der Waals surface area contributed by atoms with Gasteiger partial charge in [0.2, 0.25) is 5.91 Å². The topological polar surface area (TPSA) is 46.5 Å². The standard InChI is InChI=1S/C18H22ClN3O2/c1-14-16-7-8-17(19)22(16)11-10-21(14)13-18(23)20-9-12-24-15-5-3-2-4-6-15/h2-8,14H,9-13H2,1H3,(H,20,23)/t14-/m0/s1. The SMILES string of the molecule is C[C@H]1c2ccc(Cl)n2CCN1CC(=O)NCCOc1ccccc1. The summed E-state index contributed by atoms with van der Waals surface area (Å²) in [5.74, 6) is 0.832. The van der Waals surface area contributed by atoms with Gasteiger partial charge in [-0.15, -0.1) is 0 Å². The highest BCUT2D eigenvalue weighted by Gasteiger charge is 2.26. The van der Waals surface area contributed by atoms with E-state index in [0.29, 0.717) is 19.7 Å². The Kier molecular flexibility index (Phi) is 5.43. The molecule has 0 fully saturated rings. The Morgan fingerprint density at radius 2 is 2.04 bits per heavy atom. The van der Waals surface area contributed by atoms with E-state index in [9.17, 15) is 4.79 Å². The predicted octanol–water partition coefficient (Wildman–Crippen LogP) is 2.71. The maximum atomic E-state index is 12.1. The number of nitrogens with one attached hydrogen (secondary N) is 1. The Morgan fingerprint density at radius 1 is 1.25 bits per heavy atom. The molecule has 0 bridgehead atoms. The molecule has 128 valence electrons. The minimum atomic E-state index is 0.0182. The van der Waals surface area contributed by atoms with Gasteiger partial charge in [-0.2, -0.15) is 0 Å². The Bertz CT molecular complexity index is 687. The molecule has 0 aliphatic carbocycles. The first-order valence-electron chi connectivity index (χ1n) is 8.18. The molecule has 0 spiro atoms. The summed E-state index contributed by atoms with van der Waals surface area (Å²) < 4.78 is 7.68. The lowest BCUT2D eigenvalue weighted by molar-refractivity contribution is -0.123. The molecule has 0 saturated heterocycles.